The van der Waals surface area contributed by atoms with Crippen LogP contribution in [-0.4, -0.2) is 11.9 Å². The zero-order chi connectivity index (χ0) is 19.8. The average molecular weight is 379 g/mol. The number of carbonyl (C=O) groups excluding carboxylic acids is 2. The Kier molecular flexibility index (Phi) is 6.30. The molecule has 2 aromatic carbocycles. The van der Waals surface area contributed by atoms with Gasteiger partial charge in [0.25, 0.3) is 0 Å². The van der Waals surface area contributed by atoms with Gasteiger partial charge < -0.3 is 14.5 Å². The fraction of sp³-hybridized carbons (Fsp3) is 0.143. The Balaban J connectivity index is 1.42. The second kappa shape index (κ2) is 9.27. The lowest BCUT2D eigenvalue weighted by Gasteiger charge is -2.08. The minimum absolute atomic E-state index is 0.0747. The van der Waals surface area contributed by atoms with Crippen LogP contribution in [0.4, 0.5) is 4.79 Å². The molecule has 28 heavy (non-hydrogen) atoms. The van der Waals surface area contributed by atoms with Crippen LogP contribution in [0.1, 0.15) is 27.4 Å². The van der Waals surface area contributed by atoms with Gasteiger partial charge in [-0.1, -0.05) is 48.0 Å². The molecular formula is C21H21N3O4. The molecule has 7 nitrogen and oxygen atoms in total. The van der Waals surface area contributed by atoms with Gasteiger partial charge in [0, 0.05) is 6.54 Å². The van der Waals surface area contributed by atoms with Crippen molar-refractivity contribution in [3.8, 4) is 5.75 Å². The van der Waals surface area contributed by atoms with E-state index in [9.17, 15) is 9.59 Å². The number of rotatable bonds is 6. The number of para-hydroxylation sites is 1. The summed E-state index contributed by atoms with van der Waals surface area (Å²) in [7, 11) is 0. The molecule has 0 radical (unpaired) electrons. The van der Waals surface area contributed by atoms with Crippen molar-refractivity contribution < 1.29 is 18.7 Å². The lowest BCUT2D eigenvalue weighted by atomic mass is 10.1. The predicted octanol–water partition coefficient (Wildman–Crippen LogP) is 3.31. The fourth-order valence-electron chi connectivity index (χ4n) is 2.47. The van der Waals surface area contributed by atoms with E-state index in [1.165, 1.54) is 6.07 Å². The Hall–Kier alpha value is -3.74. The Morgan fingerprint density at radius 1 is 0.964 bits per heavy atom. The number of urea groups is 1. The highest BCUT2D eigenvalue weighted by Crippen LogP contribution is 2.13. The van der Waals surface area contributed by atoms with Crippen LogP contribution in [0, 0.1) is 6.92 Å². The molecule has 1 aromatic heterocycles. The zero-order valence-electron chi connectivity index (χ0n) is 15.4. The Morgan fingerprint density at radius 2 is 1.79 bits per heavy atom. The van der Waals surface area contributed by atoms with Crippen LogP contribution >= 0.6 is 0 Å². The number of hydrazine groups is 1. The summed E-state index contributed by atoms with van der Waals surface area (Å²) in [6.45, 7) is 2.53. The molecule has 0 atom stereocenters. The van der Waals surface area contributed by atoms with Crippen molar-refractivity contribution in [1.82, 2.24) is 16.2 Å². The highest BCUT2D eigenvalue weighted by Gasteiger charge is 2.12. The van der Waals surface area contributed by atoms with E-state index >= 15 is 0 Å². The van der Waals surface area contributed by atoms with Crippen molar-refractivity contribution in [3.63, 3.8) is 0 Å². The van der Waals surface area contributed by atoms with Crippen LogP contribution in [0.2, 0.25) is 0 Å². The topological polar surface area (TPSA) is 92.6 Å². The standard InChI is InChI=1S/C21H21N3O4/c1-15-6-5-7-16(12-15)13-22-21(26)24-23-20(25)19-11-10-18(28-19)14-27-17-8-3-2-4-9-17/h2-12H,13-14H2,1H3,(H,23,25)(H2,22,24,26). The van der Waals surface area contributed by atoms with Crippen molar-refractivity contribution in [2.24, 2.45) is 0 Å². The highest BCUT2D eigenvalue weighted by molar-refractivity contribution is 5.92. The molecule has 1 heterocycles. The molecule has 3 aromatic rings. The van der Waals surface area contributed by atoms with Gasteiger partial charge in [-0.2, -0.15) is 0 Å². The number of nitrogens with one attached hydrogen (secondary N) is 3. The van der Waals surface area contributed by atoms with Gasteiger partial charge in [0.15, 0.2) is 5.76 Å². The maximum absolute atomic E-state index is 12.1. The van der Waals surface area contributed by atoms with E-state index in [1.807, 2.05) is 61.5 Å². The van der Waals surface area contributed by atoms with Gasteiger partial charge in [-0.05, 0) is 36.8 Å². The van der Waals surface area contributed by atoms with E-state index in [0.717, 1.165) is 11.1 Å². The van der Waals surface area contributed by atoms with Gasteiger partial charge in [-0.3, -0.25) is 10.2 Å². The van der Waals surface area contributed by atoms with Crippen LogP contribution < -0.4 is 20.9 Å². The van der Waals surface area contributed by atoms with E-state index in [1.54, 1.807) is 6.07 Å². The van der Waals surface area contributed by atoms with Gasteiger partial charge in [-0.25, -0.2) is 10.2 Å². The molecule has 3 amide bonds. The molecule has 0 aliphatic heterocycles. The maximum Gasteiger partial charge on any atom is 0.333 e. The summed E-state index contributed by atoms with van der Waals surface area (Å²) in [5, 5.41) is 2.66. The largest absolute Gasteiger partial charge is 0.486 e. The molecule has 3 rings (SSSR count). The van der Waals surface area contributed by atoms with E-state index in [-0.39, 0.29) is 12.4 Å². The van der Waals surface area contributed by atoms with Gasteiger partial charge in [0.05, 0.1) is 0 Å². The summed E-state index contributed by atoms with van der Waals surface area (Å²) in [6.07, 6.45) is 0. The normalized spacial score (nSPS) is 10.2. The number of benzene rings is 2. The minimum atomic E-state index is -0.559. The molecule has 0 aliphatic carbocycles. The molecule has 144 valence electrons. The molecule has 0 saturated carbocycles. The number of aryl methyl sites for hydroxylation is 1. The Bertz CT molecular complexity index is 938. The summed E-state index contributed by atoms with van der Waals surface area (Å²) >= 11 is 0. The first-order valence-corrected chi connectivity index (χ1v) is 8.76. The van der Waals surface area contributed by atoms with Crippen molar-refractivity contribution in [3.05, 3.63) is 89.4 Å². The minimum Gasteiger partial charge on any atom is -0.486 e. The second-order valence-corrected chi connectivity index (χ2v) is 6.12. The third-order valence-electron chi connectivity index (χ3n) is 3.83. The van der Waals surface area contributed by atoms with Crippen molar-refractivity contribution in [2.45, 2.75) is 20.1 Å². The number of furan rings is 1. The molecule has 3 N–H and O–H groups in total. The second-order valence-electron chi connectivity index (χ2n) is 6.12. The van der Waals surface area contributed by atoms with Crippen molar-refractivity contribution in [1.29, 1.82) is 0 Å². The fourth-order valence-corrected chi connectivity index (χ4v) is 2.47. The molecule has 0 spiro atoms. The first-order valence-electron chi connectivity index (χ1n) is 8.76. The van der Waals surface area contributed by atoms with Gasteiger partial charge >= 0.3 is 11.9 Å². The number of amides is 3. The predicted molar refractivity (Wildman–Crippen MR) is 103 cm³/mol. The molecule has 7 heteroatoms. The molecule has 0 fully saturated rings. The lowest BCUT2D eigenvalue weighted by Crippen LogP contribution is -2.46. The monoisotopic (exact) mass is 379 g/mol. The van der Waals surface area contributed by atoms with Crippen LogP contribution in [0.3, 0.4) is 0 Å². The summed E-state index contributed by atoms with van der Waals surface area (Å²) < 4.78 is 11.0. The van der Waals surface area contributed by atoms with Crippen molar-refractivity contribution >= 4 is 11.9 Å². The third kappa shape index (κ3) is 5.63. The molecule has 0 aliphatic rings. The van der Waals surface area contributed by atoms with Gasteiger partial charge in [-0.15, -0.1) is 0 Å². The Labute approximate surface area is 162 Å². The first-order chi connectivity index (χ1) is 13.6. The van der Waals surface area contributed by atoms with Crippen molar-refractivity contribution in [2.75, 3.05) is 0 Å². The van der Waals surface area contributed by atoms with Crippen LogP contribution in [-0.2, 0) is 13.2 Å². The number of carbonyl (C=O) groups is 2. The zero-order valence-corrected chi connectivity index (χ0v) is 15.4. The number of hydrogen-bond acceptors (Lipinski definition) is 4. The first kappa shape index (κ1) is 19.0. The summed E-state index contributed by atoms with van der Waals surface area (Å²) in [6, 6.07) is 19.7. The molecule has 0 saturated heterocycles. The summed E-state index contributed by atoms with van der Waals surface area (Å²) in [4.78, 5) is 23.9. The molecular weight excluding hydrogens is 358 g/mol. The highest BCUT2D eigenvalue weighted by atomic mass is 16.5. The van der Waals surface area contributed by atoms with E-state index in [4.69, 9.17) is 9.15 Å². The number of hydrogen-bond donors (Lipinski definition) is 3. The third-order valence-corrected chi connectivity index (χ3v) is 3.83. The summed E-state index contributed by atoms with van der Waals surface area (Å²) in [5.74, 6) is 0.720. The van der Waals surface area contributed by atoms with Crippen LogP contribution in [0.15, 0.2) is 71.1 Å². The van der Waals surface area contributed by atoms with E-state index in [2.05, 4.69) is 16.2 Å². The maximum atomic E-state index is 12.1. The summed E-state index contributed by atoms with van der Waals surface area (Å²) in [5.41, 5.74) is 6.67. The Morgan fingerprint density at radius 3 is 2.57 bits per heavy atom. The SMILES string of the molecule is Cc1cccc(CNC(=O)NNC(=O)c2ccc(COc3ccccc3)o2)c1. The molecule has 0 unspecified atom stereocenters. The van der Waals surface area contributed by atoms with Crippen LogP contribution in [0.25, 0.3) is 0 Å². The molecule has 0 bridgehead atoms. The van der Waals surface area contributed by atoms with E-state index in [0.29, 0.717) is 18.1 Å². The number of ether oxygens (including phenoxy) is 1. The van der Waals surface area contributed by atoms with E-state index < -0.39 is 11.9 Å². The average Bonchev–Trinajstić information content (AvgIpc) is 3.19. The van der Waals surface area contributed by atoms with Gasteiger partial charge in [0.1, 0.15) is 18.1 Å². The lowest BCUT2D eigenvalue weighted by molar-refractivity contribution is 0.0904. The smallest absolute Gasteiger partial charge is 0.333 e. The van der Waals surface area contributed by atoms with Crippen LogP contribution in [0.5, 0.6) is 5.75 Å². The van der Waals surface area contributed by atoms with Gasteiger partial charge in [0.2, 0.25) is 0 Å². The quantitative estimate of drug-likeness (QED) is 0.573.